The van der Waals surface area contributed by atoms with Crippen molar-refractivity contribution in [1.82, 2.24) is 14.3 Å². The molecule has 0 unspecified atom stereocenters. The lowest BCUT2D eigenvalue weighted by Gasteiger charge is -2.26. The fourth-order valence-corrected chi connectivity index (χ4v) is 5.35. The molecule has 0 saturated carbocycles. The van der Waals surface area contributed by atoms with Crippen LogP contribution in [0.4, 0.5) is 0 Å². The van der Waals surface area contributed by atoms with Crippen LogP contribution in [-0.2, 0) is 42.5 Å². The third-order valence-electron chi connectivity index (χ3n) is 5.16. The Balaban J connectivity index is 1.48. The second kappa shape index (κ2) is 10.5. The highest BCUT2D eigenvalue weighted by Crippen LogP contribution is 2.18. The van der Waals surface area contributed by atoms with Crippen LogP contribution < -0.4 is 10.0 Å². The molecule has 0 aromatic heterocycles. The van der Waals surface area contributed by atoms with Gasteiger partial charge in [0, 0.05) is 26.1 Å². The maximum Gasteiger partial charge on any atom is 0.243 e. The molecule has 0 radical (unpaired) electrons. The van der Waals surface area contributed by atoms with Crippen molar-refractivity contribution in [3.05, 3.63) is 59.7 Å². The largest absolute Gasteiger partial charge is 0.379 e. The maximum atomic E-state index is 12.6. The highest BCUT2D eigenvalue weighted by molar-refractivity contribution is 7.89. The van der Waals surface area contributed by atoms with Gasteiger partial charge in [0.05, 0.1) is 23.0 Å². The van der Waals surface area contributed by atoms with Gasteiger partial charge in [-0.15, -0.1) is 0 Å². The fraction of sp³-hybridized carbons (Fsp3) is 0.381. The van der Waals surface area contributed by atoms with Gasteiger partial charge in [0.15, 0.2) is 0 Å². The number of hydrogen-bond donors (Lipinski definition) is 2. The lowest BCUT2D eigenvalue weighted by Crippen LogP contribution is -2.40. The summed E-state index contributed by atoms with van der Waals surface area (Å²) in [5.74, 6) is -0.151. The molecule has 1 aliphatic heterocycles. The van der Waals surface area contributed by atoms with Crippen molar-refractivity contribution in [2.75, 3.05) is 33.4 Å². The van der Waals surface area contributed by atoms with E-state index < -0.39 is 20.0 Å². The number of nitrogens with one attached hydrogen (secondary N) is 2. The van der Waals surface area contributed by atoms with Crippen LogP contribution in [-0.4, -0.2) is 60.4 Å². The summed E-state index contributed by atoms with van der Waals surface area (Å²) in [6.45, 7) is 1.75. The summed E-state index contributed by atoms with van der Waals surface area (Å²) in [7, 11) is -5.67. The molecule has 1 aliphatic rings. The molecule has 1 saturated heterocycles. The first-order valence-corrected chi connectivity index (χ1v) is 13.1. The second-order valence-corrected chi connectivity index (χ2v) is 11.1. The average Bonchev–Trinajstić information content (AvgIpc) is 2.82. The van der Waals surface area contributed by atoms with E-state index in [2.05, 4.69) is 10.0 Å². The molecule has 2 aromatic carbocycles. The van der Waals surface area contributed by atoms with E-state index in [4.69, 9.17) is 4.74 Å². The molecular weight excluding hydrogens is 454 g/mol. The molecule has 2 aromatic rings. The molecule has 1 amide bonds. The van der Waals surface area contributed by atoms with Gasteiger partial charge in [-0.25, -0.2) is 21.6 Å². The van der Waals surface area contributed by atoms with Crippen LogP contribution in [0.1, 0.15) is 17.5 Å². The molecular formula is C21H27N3O6S2. The molecule has 3 rings (SSSR count). The molecule has 9 nitrogen and oxygen atoms in total. The first-order valence-electron chi connectivity index (χ1n) is 10.2. The Morgan fingerprint density at radius 2 is 1.47 bits per heavy atom. The zero-order chi connectivity index (χ0) is 23.2. The van der Waals surface area contributed by atoms with Crippen LogP contribution in [0, 0.1) is 0 Å². The Kier molecular flexibility index (Phi) is 8.01. The van der Waals surface area contributed by atoms with E-state index in [0.717, 1.165) is 11.1 Å². The lowest BCUT2D eigenvalue weighted by molar-refractivity contribution is -0.121. The number of morpholine rings is 1. The number of carbonyl (C=O) groups is 1. The first-order chi connectivity index (χ1) is 15.2. The molecule has 0 aliphatic carbocycles. The van der Waals surface area contributed by atoms with Crippen LogP contribution in [0.3, 0.4) is 0 Å². The normalized spacial score (nSPS) is 15.4. The number of amides is 1. The predicted molar refractivity (Wildman–Crippen MR) is 119 cm³/mol. The predicted octanol–water partition coefficient (Wildman–Crippen LogP) is 0.865. The Labute approximate surface area is 188 Å². The Hall–Kier alpha value is -2.31. The van der Waals surface area contributed by atoms with Gasteiger partial charge in [0.1, 0.15) is 0 Å². The summed E-state index contributed by atoms with van der Waals surface area (Å²) in [6.07, 6.45) is 0.726. The number of aryl methyl sites for hydroxylation is 1. The second-order valence-electron chi connectivity index (χ2n) is 7.29. The quantitative estimate of drug-likeness (QED) is 0.548. The molecule has 1 heterocycles. The van der Waals surface area contributed by atoms with Gasteiger partial charge in [-0.3, -0.25) is 4.79 Å². The summed E-state index contributed by atoms with van der Waals surface area (Å²) in [4.78, 5) is 12.6. The van der Waals surface area contributed by atoms with Crippen molar-refractivity contribution in [2.45, 2.75) is 29.2 Å². The van der Waals surface area contributed by atoms with Gasteiger partial charge in [-0.05, 0) is 48.9 Å². The highest BCUT2D eigenvalue weighted by Gasteiger charge is 2.26. The van der Waals surface area contributed by atoms with Gasteiger partial charge in [-0.2, -0.15) is 4.31 Å². The number of rotatable bonds is 9. The summed E-state index contributed by atoms with van der Waals surface area (Å²) in [5, 5.41) is 2.81. The van der Waals surface area contributed by atoms with Crippen LogP contribution in [0.5, 0.6) is 0 Å². The monoisotopic (exact) mass is 481 g/mol. The number of carbonyl (C=O) groups excluding carboxylic acids is 1. The zero-order valence-corrected chi connectivity index (χ0v) is 19.4. The Bertz CT molecular complexity index is 1130. The molecule has 11 heteroatoms. The summed E-state index contributed by atoms with van der Waals surface area (Å²) in [6, 6.07) is 12.9. The molecule has 0 spiro atoms. The summed E-state index contributed by atoms with van der Waals surface area (Å²) in [5.41, 5.74) is 1.65. The van der Waals surface area contributed by atoms with E-state index in [0.29, 0.717) is 32.7 Å². The van der Waals surface area contributed by atoms with Crippen LogP contribution in [0.15, 0.2) is 58.3 Å². The minimum absolute atomic E-state index is 0.151. The molecule has 0 atom stereocenters. The van der Waals surface area contributed by atoms with Gasteiger partial charge < -0.3 is 10.1 Å². The van der Waals surface area contributed by atoms with Crippen LogP contribution in [0.2, 0.25) is 0 Å². The van der Waals surface area contributed by atoms with E-state index in [1.165, 1.54) is 23.5 Å². The van der Waals surface area contributed by atoms with Crippen LogP contribution >= 0.6 is 0 Å². The molecule has 2 N–H and O–H groups in total. The van der Waals surface area contributed by atoms with Crippen molar-refractivity contribution in [2.24, 2.45) is 0 Å². The molecule has 0 bridgehead atoms. The topological polar surface area (TPSA) is 122 Å². The van der Waals surface area contributed by atoms with E-state index in [1.807, 2.05) is 0 Å². The molecule has 32 heavy (non-hydrogen) atoms. The van der Waals surface area contributed by atoms with Crippen molar-refractivity contribution in [3.63, 3.8) is 0 Å². The van der Waals surface area contributed by atoms with Gasteiger partial charge in [-0.1, -0.05) is 24.3 Å². The molecule has 1 fully saturated rings. The van der Waals surface area contributed by atoms with E-state index in [-0.39, 0.29) is 28.7 Å². The minimum Gasteiger partial charge on any atom is -0.379 e. The standard InChI is InChI=1S/C21H27N3O6S2/c1-22-31(26,27)19-7-2-17(3-8-19)6-11-21(25)23-16-18-4-9-20(10-5-18)32(28,29)24-12-14-30-15-13-24/h2-5,7-10,22H,6,11-16H2,1H3,(H,23,25). The average molecular weight is 482 g/mol. The van der Waals surface area contributed by atoms with E-state index in [1.54, 1.807) is 36.4 Å². The third kappa shape index (κ3) is 6.14. The molecule has 174 valence electrons. The van der Waals surface area contributed by atoms with Crippen molar-refractivity contribution in [3.8, 4) is 0 Å². The van der Waals surface area contributed by atoms with Crippen LogP contribution in [0.25, 0.3) is 0 Å². The number of ether oxygens (including phenoxy) is 1. The lowest BCUT2D eigenvalue weighted by atomic mass is 10.1. The van der Waals surface area contributed by atoms with Gasteiger partial charge in [0.2, 0.25) is 26.0 Å². The zero-order valence-electron chi connectivity index (χ0n) is 17.8. The number of hydrogen-bond acceptors (Lipinski definition) is 6. The third-order valence-corrected chi connectivity index (χ3v) is 8.51. The van der Waals surface area contributed by atoms with Crippen molar-refractivity contribution < 1.29 is 26.4 Å². The first kappa shape index (κ1) is 24.3. The summed E-state index contributed by atoms with van der Waals surface area (Å²) >= 11 is 0. The maximum absolute atomic E-state index is 12.6. The Morgan fingerprint density at radius 1 is 0.906 bits per heavy atom. The smallest absolute Gasteiger partial charge is 0.243 e. The summed E-state index contributed by atoms with van der Waals surface area (Å²) < 4.78 is 57.6. The van der Waals surface area contributed by atoms with Gasteiger partial charge >= 0.3 is 0 Å². The van der Waals surface area contributed by atoms with Gasteiger partial charge in [0.25, 0.3) is 0 Å². The number of benzene rings is 2. The number of nitrogens with zero attached hydrogens (tertiary/aromatic N) is 1. The van der Waals surface area contributed by atoms with E-state index in [9.17, 15) is 21.6 Å². The SMILES string of the molecule is CNS(=O)(=O)c1ccc(CCC(=O)NCc2ccc(S(=O)(=O)N3CCOCC3)cc2)cc1. The van der Waals surface area contributed by atoms with E-state index >= 15 is 0 Å². The van der Waals surface area contributed by atoms with Crippen molar-refractivity contribution in [1.29, 1.82) is 0 Å². The number of sulfonamides is 2. The highest BCUT2D eigenvalue weighted by atomic mass is 32.2. The minimum atomic E-state index is -3.54. The fourth-order valence-electron chi connectivity index (χ4n) is 3.22. The Morgan fingerprint density at radius 3 is 2.06 bits per heavy atom. The van der Waals surface area contributed by atoms with Crippen molar-refractivity contribution >= 4 is 26.0 Å².